The molecule has 0 bridgehead atoms. The topological polar surface area (TPSA) is 46.3 Å². The minimum absolute atomic E-state index is 0. The highest BCUT2D eigenvalue weighted by Crippen LogP contribution is 2.34. The smallest absolute Gasteiger partial charge is 0.227 e. The Labute approximate surface area is 143 Å². The lowest BCUT2D eigenvalue weighted by Gasteiger charge is -2.26. The fourth-order valence-corrected chi connectivity index (χ4v) is 3.26. The average molecular weight is 331 g/mol. The number of halogens is 1. The van der Waals surface area contributed by atoms with Gasteiger partial charge in [-0.25, -0.2) is 0 Å². The minimum Gasteiger partial charge on any atom is -0.399 e. The van der Waals surface area contributed by atoms with Crippen LogP contribution in [0.3, 0.4) is 0 Å². The van der Waals surface area contributed by atoms with Crippen molar-refractivity contribution in [2.24, 2.45) is 0 Å². The summed E-state index contributed by atoms with van der Waals surface area (Å²) < 4.78 is 0. The molecule has 0 saturated carbocycles. The summed E-state index contributed by atoms with van der Waals surface area (Å²) >= 11 is 0. The summed E-state index contributed by atoms with van der Waals surface area (Å²) in [4.78, 5) is 14.7. The third-order valence-corrected chi connectivity index (χ3v) is 4.46. The molecule has 0 radical (unpaired) electrons. The number of nitrogens with zero attached hydrogens (tertiary/aromatic N) is 1. The molecular formula is C19H23ClN2O. The molecule has 1 fully saturated rings. The van der Waals surface area contributed by atoms with Crippen molar-refractivity contribution in [3.05, 3.63) is 65.2 Å². The van der Waals surface area contributed by atoms with Crippen LogP contribution < -0.4 is 5.73 Å². The van der Waals surface area contributed by atoms with Gasteiger partial charge in [-0.1, -0.05) is 36.4 Å². The second kappa shape index (κ2) is 7.51. The number of nitrogen functional groups attached to an aromatic ring is 1. The summed E-state index contributed by atoms with van der Waals surface area (Å²) in [6.45, 7) is 2.98. The molecule has 3 nitrogen and oxygen atoms in total. The first kappa shape index (κ1) is 17.4. The highest BCUT2D eigenvalue weighted by Gasteiger charge is 2.30. The van der Waals surface area contributed by atoms with E-state index in [2.05, 4.69) is 25.1 Å². The lowest BCUT2D eigenvalue weighted by Crippen LogP contribution is -2.32. The number of carbonyl (C=O) groups excluding carboxylic acids is 1. The van der Waals surface area contributed by atoms with Crippen molar-refractivity contribution in [3.8, 4) is 0 Å². The Morgan fingerprint density at radius 3 is 2.57 bits per heavy atom. The van der Waals surface area contributed by atoms with E-state index in [0.29, 0.717) is 6.42 Å². The summed E-state index contributed by atoms with van der Waals surface area (Å²) in [6.07, 6.45) is 2.58. The second-order valence-electron chi connectivity index (χ2n) is 6.02. The number of carbonyl (C=O) groups is 1. The van der Waals surface area contributed by atoms with Gasteiger partial charge in [0.2, 0.25) is 5.91 Å². The Morgan fingerprint density at radius 1 is 1.17 bits per heavy atom. The maximum atomic E-state index is 12.7. The predicted octanol–water partition coefficient (Wildman–Crippen LogP) is 3.91. The number of amides is 1. The van der Waals surface area contributed by atoms with E-state index in [0.717, 1.165) is 30.6 Å². The van der Waals surface area contributed by atoms with E-state index in [-0.39, 0.29) is 24.4 Å². The Hall–Kier alpha value is -2.00. The summed E-state index contributed by atoms with van der Waals surface area (Å²) in [7, 11) is 0. The van der Waals surface area contributed by atoms with Crippen molar-refractivity contribution in [3.63, 3.8) is 0 Å². The molecule has 122 valence electrons. The summed E-state index contributed by atoms with van der Waals surface area (Å²) in [6, 6.07) is 16.2. The first-order chi connectivity index (χ1) is 10.6. The first-order valence-electron chi connectivity index (χ1n) is 7.84. The fourth-order valence-electron chi connectivity index (χ4n) is 3.26. The largest absolute Gasteiger partial charge is 0.399 e. The Kier molecular flexibility index (Phi) is 5.67. The van der Waals surface area contributed by atoms with E-state index >= 15 is 0 Å². The maximum absolute atomic E-state index is 12.7. The Morgan fingerprint density at radius 2 is 1.87 bits per heavy atom. The lowest BCUT2D eigenvalue weighted by molar-refractivity contribution is -0.131. The number of likely N-dealkylation sites (tertiary alicyclic amines) is 1. The molecule has 1 saturated heterocycles. The van der Waals surface area contributed by atoms with Crippen LogP contribution >= 0.6 is 12.4 Å². The third kappa shape index (κ3) is 3.85. The van der Waals surface area contributed by atoms with Crippen LogP contribution in [-0.2, 0) is 11.2 Å². The van der Waals surface area contributed by atoms with Gasteiger partial charge in [-0.15, -0.1) is 12.4 Å². The summed E-state index contributed by atoms with van der Waals surface area (Å²) in [5.74, 6) is 0.204. The van der Waals surface area contributed by atoms with Crippen molar-refractivity contribution < 1.29 is 4.79 Å². The Bertz CT molecular complexity index is 669. The maximum Gasteiger partial charge on any atom is 0.227 e. The molecule has 1 heterocycles. The van der Waals surface area contributed by atoms with E-state index in [4.69, 9.17) is 5.73 Å². The molecule has 3 rings (SSSR count). The first-order valence-corrected chi connectivity index (χ1v) is 7.84. The number of hydrogen-bond donors (Lipinski definition) is 1. The second-order valence-corrected chi connectivity index (χ2v) is 6.02. The van der Waals surface area contributed by atoms with Crippen LogP contribution in [0.15, 0.2) is 48.5 Å². The zero-order valence-corrected chi connectivity index (χ0v) is 14.2. The van der Waals surface area contributed by atoms with Crippen LogP contribution in [0.4, 0.5) is 5.69 Å². The quantitative estimate of drug-likeness (QED) is 0.867. The van der Waals surface area contributed by atoms with Gasteiger partial charge in [0.1, 0.15) is 0 Å². The zero-order chi connectivity index (χ0) is 15.5. The number of anilines is 1. The van der Waals surface area contributed by atoms with Crippen LogP contribution in [0.1, 0.15) is 35.6 Å². The predicted molar refractivity (Wildman–Crippen MR) is 96.7 cm³/mol. The Balaban J connectivity index is 0.00000192. The van der Waals surface area contributed by atoms with Gasteiger partial charge in [-0.2, -0.15) is 0 Å². The molecule has 1 amide bonds. The summed E-state index contributed by atoms with van der Waals surface area (Å²) in [5.41, 5.74) is 10.0. The fraction of sp³-hybridized carbons (Fsp3) is 0.316. The van der Waals surface area contributed by atoms with E-state index in [1.165, 1.54) is 11.1 Å². The lowest BCUT2D eigenvalue weighted by atomic mass is 9.99. The number of nitrogens with two attached hydrogens (primary N) is 1. The van der Waals surface area contributed by atoms with Crippen molar-refractivity contribution in [1.82, 2.24) is 4.90 Å². The van der Waals surface area contributed by atoms with Gasteiger partial charge in [0, 0.05) is 12.2 Å². The highest BCUT2D eigenvalue weighted by molar-refractivity contribution is 5.85. The van der Waals surface area contributed by atoms with Gasteiger partial charge >= 0.3 is 0 Å². The molecule has 2 aromatic carbocycles. The number of aryl methyl sites for hydroxylation is 1. The van der Waals surface area contributed by atoms with Crippen molar-refractivity contribution in [2.45, 2.75) is 32.2 Å². The molecule has 1 unspecified atom stereocenters. The monoisotopic (exact) mass is 330 g/mol. The van der Waals surface area contributed by atoms with E-state index < -0.39 is 0 Å². The van der Waals surface area contributed by atoms with Crippen LogP contribution in [-0.4, -0.2) is 17.4 Å². The molecule has 2 aromatic rings. The zero-order valence-electron chi connectivity index (χ0n) is 13.4. The van der Waals surface area contributed by atoms with Crippen molar-refractivity contribution >= 4 is 24.0 Å². The van der Waals surface area contributed by atoms with Gasteiger partial charge in [-0.05, 0) is 48.6 Å². The molecule has 0 aliphatic carbocycles. The van der Waals surface area contributed by atoms with E-state index in [1.54, 1.807) is 0 Å². The molecule has 0 spiro atoms. The SMILES string of the molecule is Cc1ccccc1C1CCCN1C(=O)Cc1ccc(N)cc1.Cl. The van der Waals surface area contributed by atoms with Crippen LogP contribution in [0, 0.1) is 6.92 Å². The number of benzene rings is 2. The average Bonchev–Trinajstić information content (AvgIpc) is 2.99. The molecule has 1 aliphatic heterocycles. The molecular weight excluding hydrogens is 308 g/mol. The van der Waals surface area contributed by atoms with Gasteiger partial charge in [0.15, 0.2) is 0 Å². The molecule has 1 atom stereocenters. The van der Waals surface area contributed by atoms with E-state index in [1.807, 2.05) is 35.2 Å². The van der Waals surface area contributed by atoms with Gasteiger partial charge < -0.3 is 10.6 Å². The summed E-state index contributed by atoms with van der Waals surface area (Å²) in [5, 5.41) is 0. The van der Waals surface area contributed by atoms with Gasteiger partial charge in [0.25, 0.3) is 0 Å². The van der Waals surface area contributed by atoms with Gasteiger partial charge in [-0.3, -0.25) is 4.79 Å². The third-order valence-electron chi connectivity index (χ3n) is 4.46. The van der Waals surface area contributed by atoms with Crippen molar-refractivity contribution in [1.29, 1.82) is 0 Å². The minimum atomic E-state index is 0. The molecule has 1 aliphatic rings. The highest BCUT2D eigenvalue weighted by atomic mass is 35.5. The molecule has 4 heteroatoms. The molecule has 0 aromatic heterocycles. The normalized spacial score (nSPS) is 16.9. The van der Waals surface area contributed by atoms with Crippen molar-refractivity contribution in [2.75, 3.05) is 12.3 Å². The van der Waals surface area contributed by atoms with E-state index in [9.17, 15) is 4.79 Å². The van der Waals surface area contributed by atoms with Crippen LogP contribution in [0.5, 0.6) is 0 Å². The standard InChI is InChI=1S/C19H22N2O.ClH/c1-14-5-2-3-6-17(14)18-7-4-12-21(18)19(22)13-15-8-10-16(20)11-9-15;/h2-3,5-6,8-11,18H,4,7,12-13,20H2,1H3;1H. The number of hydrogen-bond acceptors (Lipinski definition) is 2. The van der Waals surface area contributed by atoms with Gasteiger partial charge in [0.05, 0.1) is 12.5 Å². The van der Waals surface area contributed by atoms with Crippen LogP contribution in [0.25, 0.3) is 0 Å². The molecule has 2 N–H and O–H groups in total. The van der Waals surface area contributed by atoms with Crippen LogP contribution in [0.2, 0.25) is 0 Å². The molecule has 23 heavy (non-hydrogen) atoms. The number of rotatable bonds is 3.